The van der Waals surface area contributed by atoms with Gasteiger partial charge < -0.3 is 0 Å². The maximum absolute atomic E-state index is 13.4. The summed E-state index contributed by atoms with van der Waals surface area (Å²) in [4.78, 5) is 0. The molecule has 0 aliphatic heterocycles. The molecule has 0 aliphatic rings. The number of terminal acetylenes is 1. The minimum absolute atomic E-state index is 0.265. The van der Waals surface area contributed by atoms with Gasteiger partial charge >= 0.3 is 0 Å². The lowest BCUT2D eigenvalue weighted by molar-refractivity contribution is 0.628. The van der Waals surface area contributed by atoms with E-state index in [-0.39, 0.29) is 5.82 Å². The maximum atomic E-state index is 13.4. The second-order valence-electron chi connectivity index (χ2n) is 4.61. The highest BCUT2D eigenvalue weighted by atomic mass is 19.1. The third kappa shape index (κ3) is 2.43. The number of rotatable bonds is 2. The molecule has 0 fully saturated rings. The molecule has 90 valence electrons. The van der Waals surface area contributed by atoms with Crippen molar-refractivity contribution < 1.29 is 4.39 Å². The monoisotopic (exact) mass is 238 g/mol. The van der Waals surface area contributed by atoms with E-state index >= 15 is 0 Å². The summed E-state index contributed by atoms with van der Waals surface area (Å²) in [6.07, 6.45) is 5.46. The van der Waals surface area contributed by atoms with Crippen LogP contribution in [0.4, 0.5) is 4.39 Å². The fourth-order valence-electron chi connectivity index (χ4n) is 1.95. The Morgan fingerprint density at radius 2 is 1.89 bits per heavy atom. The molecule has 0 spiro atoms. The highest BCUT2D eigenvalue weighted by Gasteiger charge is 2.07. The molecule has 0 atom stereocenters. The first-order valence-electron chi connectivity index (χ1n) is 5.98. The van der Waals surface area contributed by atoms with Crippen LogP contribution < -0.4 is 0 Å². The third-order valence-electron chi connectivity index (χ3n) is 3.00. The zero-order valence-electron chi connectivity index (χ0n) is 10.6. The molecule has 0 nitrogen and oxygen atoms in total. The van der Waals surface area contributed by atoms with Gasteiger partial charge in [-0.05, 0) is 35.2 Å². The van der Waals surface area contributed by atoms with E-state index in [9.17, 15) is 4.39 Å². The summed E-state index contributed by atoms with van der Waals surface area (Å²) < 4.78 is 13.4. The van der Waals surface area contributed by atoms with Crippen LogP contribution in [0.15, 0.2) is 42.5 Å². The number of hydrogen-bond acceptors (Lipinski definition) is 0. The van der Waals surface area contributed by atoms with Gasteiger partial charge in [-0.2, -0.15) is 0 Å². The Morgan fingerprint density at radius 3 is 2.56 bits per heavy atom. The zero-order valence-corrected chi connectivity index (χ0v) is 10.6. The summed E-state index contributed by atoms with van der Waals surface area (Å²) in [5, 5.41) is 0. The largest absolute Gasteiger partial charge is 0.207 e. The molecule has 0 aliphatic carbocycles. The van der Waals surface area contributed by atoms with Crippen molar-refractivity contribution >= 4 is 0 Å². The normalized spacial score (nSPS) is 10.4. The van der Waals surface area contributed by atoms with Crippen LogP contribution in [0, 0.1) is 18.2 Å². The molecule has 18 heavy (non-hydrogen) atoms. The van der Waals surface area contributed by atoms with Gasteiger partial charge in [0.2, 0.25) is 0 Å². The Morgan fingerprint density at radius 1 is 1.11 bits per heavy atom. The molecule has 0 heterocycles. The quantitative estimate of drug-likeness (QED) is 0.671. The average molecular weight is 238 g/mol. The van der Waals surface area contributed by atoms with E-state index in [0.29, 0.717) is 5.92 Å². The van der Waals surface area contributed by atoms with Crippen LogP contribution >= 0.6 is 0 Å². The molecule has 2 aromatic carbocycles. The predicted molar refractivity (Wildman–Crippen MR) is 73.9 cm³/mol. The van der Waals surface area contributed by atoms with Gasteiger partial charge in [0.1, 0.15) is 5.82 Å². The fraction of sp³-hybridized carbons (Fsp3) is 0.176. The van der Waals surface area contributed by atoms with Gasteiger partial charge in [-0.25, -0.2) is 4.39 Å². The molecule has 0 amide bonds. The van der Waals surface area contributed by atoms with Crippen LogP contribution in [0.2, 0.25) is 0 Å². The van der Waals surface area contributed by atoms with E-state index < -0.39 is 0 Å². The van der Waals surface area contributed by atoms with Crippen LogP contribution in [0.5, 0.6) is 0 Å². The van der Waals surface area contributed by atoms with Gasteiger partial charge in [0.25, 0.3) is 0 Å². The third-order valence-corrected chi connectivity index (χ3v) is 3.00. The van der Waals surface area contributed by atoms with Crippen LogP contribution in [0.25, 0.3) is 11.1 Å². The van der Waals surface area contributed by atoms with Gasteiger partial charge in [-0.1, -0.05) is 44.0 Å². The number of hydrogen-bond donors (Lipinski definition) is 0. The Bertz CT molecular complexity index is 603. The van der Waals surface area contributed by atoms with Crippen molar-refractivity contribution in [2.45, 2.75) is 19.8 Å². The summed E-state index contributed by atoms with van der Waals surface area (Å²) in [6.45, 7) is 4.26. The summed E-state index contributed by atoms with van der Waals surface area (Å²) in [7, 11) is 0. The smallest absolute Gasteiger partial charge is 0.123 e. The van der Waals surface area contributed by atoms with E-state index in [1.54, 1.807) is 6.07 Å². The minimum atomic E-state index is -0.265. The Hall–Kier alpha value is -2.07. The van der Waals surface area contributed by atoms with E-state index in [1.807, 2.05) is 12.1 Å². The predicted octanol–water partition coefficient (Wildman–Crippen LogP) is 4.60. The molecule has 1 heteroatoms. The summed E-state index contributed by atoms with van der Waals surface area (Å²) in [5.74, 6) is 2.78. The van der Waals surface area contributed by atoms with Crippen molar-refractivity contribution in [3.05, 3.63) is 59.4 Å². The first kappa shape index (κ1) is 12.4. The van der Waals surface area contributed by atoms with Crippen LogP contribution in [-0.2, 0) is 0 Å². The van der Waals surface area contributed by atoms with Crippen molar-refractivity contribution in [2.75, 3.05) is 0 Å². The van der Waals surface area contributed by atoms with Crippen molar-refractivity contribution in [3.8, 4) is 23.5 Å². The molecule has 2 rings (SSSR count). The van der Waals surface area contributed by atoms with Crippen molar-refractivity contribution in [2.24, 2.45) is 0 Å². The van der Waals surface area contributed by atoms with Gasteiger partial charge in [0.15, 0.2) is 0 Å². The highest BCUT2D eigenvalue weighted by molar-refractivity contribution is 5.71. The second kappa shape index (κ2) is 5.06. The Labute approximate surface area is 107 Å². The molecular weight excluding hydrogens is 223 g/mol. The molecule has 2 aromatic rings. The maximum Gasteiger partial charge on any atom is 0.123 e. The molecule has 0 N–H and O–H groups in total. The van der Waals surface area contributed by atoms with E-state index in [1.165, 1.54) is 17.7 Å². The Balaban J connectivity index is 2.58. The van der Waals surface area contributed by atoms with Crippen molar-refractivity contribution in [1.29, 1.82) is 0 Å². The van der Waals surface area contributed by atoms with Crippen molar-refractivity contribution in [1.82, 2.24) is 0 Å². The van der Waals surface area contributed by atoms with Crippen LogP contribution in [0.1, 0.15) is 30.9 Å². The van der Waals surface area contributed by atoms with E-state index in [0.717, 1.165) is 16.7 Å². The lowest BCUT2D eigenvalue weighted by Gasteiger charge is -2.10. The SMILES string of the molecule is C#Cc1ccc(F)cc1-c1cccc(C(C)C)c1. The summed E-state index contributed by atoms with van der Waals surface area (Å²) in [5.41, 5.74) is 3.69. The summed E-state index contributed by atoms with van der Waals surface area (Å²) in [6, 6.07) is 12.6. The molecule has 0 aromatic heterocycles. The van der Waals surface area contributed by atoms with Crippen molar-refractivity contribution in [3.63, 3.8) is 0 Å². The second-order valence-corrected chi connectivity index (χ2v) is 4.61. The van der Waals surface area contributed by atoms with Crippen LogP contribution in [-0.4, -0.2) is 0 Å². The van der Waals surface area contributed by atoms with Gasteiger partial charge in [0.05, 0.1) is 0 Å². The van der Waals surface area contributed by atoms with E-state index in [2.05, 4.69) is 31.9 Å². The molecule has 0 unspecified atom stereocenters. The lowest BCUT2D eigenvalue weighted by Crippen LogP contribution is -1.90. The molecule has 0 saturated carbocycles. The van der Waals surface area contributed by atoms with Gasteiger partial charge in [-0.15, -0.1) is 6.42 Å². The first-order chi connectivity index (χ1) is 8.61. The van der Waals surface area contributed by atoms with Gasteiger partial charge in [0, 0.05) is 11.1 Å². The standard InChI is InChI=1S/C17H15F/c1-4-13-8-9-16(18)11-17(13)15-7-5-6-14(10-15)12(2)3/h1,5-12H,2-3H3. The average Bonchev–Trinajstić information content (AvgIpc) is 2.39. The zero-order chi connectivity index (χ0) is 13.1. The highest BCUT2D eigenvalue weighted by Crippen LogP contribution is 2.27. The molecule has 0 bridgehead atoms. The first-order valence-corrected chi connectivity index (χ1v) is 5.98. The van der Waals surface area contributed by atoms with Crippen LogP contribution in [0.3, 0.4) is 0 Å². The minimum Gasteiger partial charge on any atom is -0.207 e. The van der Waals surface area contributed by atoms with E-state index in [4.69, 9.17) is 6.42 Å². The lowest BCUT2D eigenvalue weighted by atomic mass is 9.95. The number of halogens is 1. The molecular formula is C17H15F. The summed E-state index contributed by atoms with van der Waals surface area (Å²) >= 11 is 0. The van der Waals surface area contributed by atoms with Gasteiger partial charge in [-0.3, -0.25) is 0 Å². The fourth-order valence-corrected chi connectivity index (χ4v) is 1.95. The molecule has 0 radical (unpaired) electrons. The Kier molecular flexibility index (Phi) is 3.48. The molecule has 0 saturated heterocycles. The topological polar surface area (TPSA) is 0 Å². The number of benzene rings is 2.